The molecule has 4 rings (SSSR count). The molecular weight excluding hydrogens is 443 g/mol. The summed E-state index contributed by atoms with van der Waals surface area (Å²) in [5.74, 6) is -0.194. The van der Waals surface area contributed by atoms with Crippen molar-refractivity contribution >= 4 is 17.4 Å². The van der Waals surface area contributed by atoms with Gasteiger partial charge in [0.15, 0.2) is 0 Å². The first kappa shape index (κ1) is 24.6. The molecule has 0 saturated carbocycles. The van der Waals surface area contributed by atoms with Gasteiger partial charge in [-0.2, -0.15) is 5.26 Å². The van der Waals surface area contributed by atoms with Gasteiger partial charge < -0.3 is 4.74 Å². The predicted molar refractivity (Wildman–Crippen MR) is 125 cm³/mol. The van der Waals surface area contributed by atoms with Crippen molar-refractivity contribution in [2.75, 3.05) is 16.3 Å². The Kier molecular flexibility index (Phi) is 7.16. The van der Waals surface area contributed by atoms with Crippen molar-refractivity contribution < 1.29 is 22.7 Å². The Balaban J connectivity index is 0.000000248. The highest BCUT2D eigenvalue weighted by Gasteiger charge is 2.44. The highest BCUT2D eigenvalue weighted by molar-refractivity contribution is 6.07. The van der Waals surface area contributed by atoms with E-state index in [9.17, 15) is 18.0 Å². The zero-order chi connectivity index (χ0) is 24.9. The van der Waals surface area contributed by atoms with Gasteiger partial charge in [-0.25, -0.2) is 4.79 Å². The number of aryl methyl sites for hydroxylation is 1. The minimum atomic E-state index is -4.60. The molecule has 5 nitrogen and oxygen atoms in total. The summed E-state index contributed by atoms with van der Waals surface area (Å²) >= 11 is 0. The van der Waals surface area contributed by atoms with Crippen molar-refractivity contribution in [1.29, 1.82) is 5.26 Å². The van der Waals surface area contributed by atoms with E-state index in [1.165, 1.54) is 29.8 Å². The van der Waals surface area contributed by atoms with Crippen LogP contribution in [0.1, 0.15) is 25.0 Å². The zero-order valence-electron chi connectivity index (χ0n) is 19.0. The third-order valence-electron chi connectivity index (χ3n) is 5.15. The lowest BCUT2D eigenvalue weighted by molar-refractivity contribution is -0.274. The van der Waals surface area contributed by atoms with Crippen LogP contribution in [-0.4, -0.2) is 24.5 Å². The van der Waals surface area contributed by atoms with Gasteiger partial charge in [-0.1, -0.05) is 35.9 Å². The van der Waals surface area contributed by atoms with Gasteiger partial charge in [0.2, 0.25) is 0 Å². The van der Waals surface area contributed by atoms with Crippen molar-refractivity contribution in [3.8, 4) is 11.8 Å². The zero-order valence-corrected chi connectivity index (χ0v) is 19.0. The number of hydrogen-bond donors (Lipinski definition) is 0. The van der Waals surface area contributed by atoms with Crippen LogP contribution in [0.4, 0.5) is 29.3 Å². The van der Waals surface area contributed by atoms with Crippen molar-refractivity contribution in [2.45, 2.75) is 32.7 Å². The standard InChI is InChI=1S/C19H19N3O.C7H5F3O/c1-14-4-8-17(9-5-14)22-18(23)21(13-19(22,2)3)16-10-6-15(12-20)7-11-16;8-7(9,10)11-6-4-2-1-3-5-6/h4-11H,13H2,1-3H3;1-5H. The summed E-state index contributed by atoms with van der Waals surface area (Å²) in [6.45, 7) is 6.76. The molecular formula is C26H24F3N3O2. The van der Waals surface area contributed by atoms with E-state index < -0.39 is 6.36 Å². The first-order valence-corrected chi connectivity index (χ1v) is 10.5. The number of carbonyl (C=O) groups is 1. The van der Waals surface area contributed by atoms with Crippen LogP contribution in [0, 0.1) is 18.3 Å². The van der Waals surface area contributed by atoms with Crippen LogP contribution in [0.3, 0.4) is 0 Å². The van der Waals surface area contributed by atoms with E-state index in [1.54, 1.807) is 23.1 Å². The average Bonchev–Trinajstić information content (AvgIpc) is 3.03. The average molecular weight is 467 g/mol. The number of para-hydroxylation sites is 1. The maximum atomic E-state index is 12.9. The minimum absolute atomic E-state index is 0.0384. The summed E-state index contributed by atoms with van der Waals surface area (Å²) in [6, 6.07) is 24.2. The van der Waals surface area contributed by atoms with Gasteiger partial charge in [0.05, 0.1) is 23.7 Å². The second-order valence-corrected chi connectivity index (χ2v) is 8.37. The SMILES string of the molecule is Cc1ccc(N2C(=O)N(c3ccc(C#N)cc3)CC2(C)C)cc1.FC(F)(F)Oc1ccccc1. The predicted octanol–water partition coefficient (Wildman–Crippen LogP) is 6.68. The topological polar surface area (TPSA) is 56.6 Å². The van der Waals surface area contributed by atoms with Crippen LogP contribution in [0.15, 0.2) is 78.9 Å². The number of urea groups is 1. The summed E-state index contributed by atoms with van der Waals surface area (Å²) in [5.41, 5.74) is 3.18. The summed E-state index contributed by atoms with van der Waals surface area (Å²) in [5, 5.41) is 8.90. The molecule has 3 aromatic rings. The molecule has 0 N–H and O–H groups in total. The molecule has 3 aromatic carbocycles. The van der Waals surface area contributed by atoms with Crippen LogP contribution in [0.25, 0.3) is 0 Å². The Labute approximate surface area is 196 Å². The molecule has 8 heteroatoms. The van der Waals surface area contributed by atoms with Gasteiger partial charge in [-0.3, -0.25) is 9.80 Å². The molecule has 0 radical (unpaired) electrons. The Bertz CT molecular complexity index is 1150. The molecule has 0 spiro atoms. The monoisotopic (exact) mass is 467 g/mol. The number of carbonyl (C=O) groups excluding carboxylic acids is 1. The van der Waals surface area contributed by atoms with Gasteiger partial charge in [0.25, 0.3) is 0 Å². The normalized spacial score (nSPS) is 14.8. The molecule has 34 heavy (non-hydrogen) atoms. The van der Waals surface area contributed by atoms with E-state index in [2.05, 4.69) is 24.7 Å². The lowest BCUT2D eigenvalue weighted by Gasteiger charge is -2.29. The Hall–Kier alpha value is -3.99. The molecule has 0 atom stereocenters. The van der Waals surface area contributed by atoms with E-state index in [-0.39, 0.29) is 17.3 Å². The maximum Gasteiger partial charge on any atom is 0.573 e. The number of alkyl halides is 3. The molecule has 0 aromatic heterocycles. The number of ether oxygens (including phenoxy) is 1. The third-order valence-corrected chi connectivity index (χ3v) is 5.15. The third kappa shape index (κ3) is 6.07. The molecule has 0 unspecified atom stereocenters. The van der Waals surface area contributed by atoms with Gasteiger partial charge in [0.1, 0.15) is 5.75 Å². The van der Waals surface area contributed by atoms with Gasteiger partial charge in [-0.15, -0.1) is 13.2 Å². The van der Waals surface area contributed by atoms with Crippen LogP contribution in [0.5, 0.6) is 5.75 Å². The van der Waals surface area contributed by atoms with E-state index in [4.69, 9.17) is 5.26 Å². The molecule has 1 aliphatic rings. The Morgan fingerprint density at radius 1 is 0.912 bits per heavy atom. The number of nitrogens with zero attached hydrogens (tertiary/aromatic N) is 3. The fourth-order valence-corrected chi connectivity index (χ4v) is 3.60. The second kappa shape index (κ2) is 9.87. The summed E-state index contributed by atoms with van der Waals surface area (Å²) in [4.78, 5) is 16.6. The first-order valence-electron chi connectivity index (χ1n) is 10.5. The van der Waals surface area contributed by atoms with E-state index in [0.29, 0.717) is 12.1 Å². The number of hydrogen-bond acceptors (Lipinski definition) is 3. The summed E-state index contributed by atoms with van der Waals surface area (Å²) in [6.07, 6.45) is -4.60. The second-order valence-electron chi connectivity index (χ2n) is 8.37. The number of nitriles is 1. The lowest BCUT2D eigenvalue weighted by Crippen LogP contribution is -2.42. The minimum Gasteiger partial charge on any atom is -0.406 e. The quantitative estimate of drug-likeness (QED) is 0.432. The van der Waals surface area contributed by atoms with Crippen LogP contribution in [0.2, 0.25) is 0 Å². The lowest BCUT2D eigenvalue weighted by atomic mass is 10.0. The molecule has 0 aliphatic carbocycles. The fraction of sp³-hybridized carbons (Fsp3) is 0.231. The Morgan fingerprint density at radius 2 is 1.47 bits per heavy atom. The van der Waals surface area contributed by atoms with Crippen LogP contribution in [-0.2, 0) is 0 Å². The highest BCUT2D eigenvalue weighted by Crippen LogP contribution is 2.35. The maximum absolute atomic E-state index is 12.9. The number of benzene rings is 3. The number of halogens is 3. The molecule has 1 aliphatic heterocycles. The number of amides is 2. The van der Waals surface area contributed by atoms with Crippen molar-refractivity contribution in [1.82, 2.24) is 0 Å². The summed E-state index contributed by atoms with van der Waals surface area (Å²) < 4.78 is 38.2. The molecule has 1 fully saturated rings. The highest BCUT2D eigenvalue weighted by atomic mass is 19.4. The van der Waals surface area contributed by atoms with Gasteiger partial charge >= 0.3 is 12.4 Å². The molecule has 1 heterocycles. The van der Waals surface area contributed by atoms with E-state index in [1.807, 2.05) is 48.2 Å². The van der Waals surface area contributed by atoms with E-state index in [0.717, 1.165) is 11.4 Å². The molecule has 1 saturated heterocycles. The molecule has 2 amide bonds. The largest absolute Gasteiger partial charge is 0.573 e. The van der Waals surface area contributed by atoms with E-state index >= 15 is 0 Å². The number of rotatable bonds is 3. The van der Waals surface area contributed by atoms with Crippen molar-refractivity contribution in [2.24, 2.45) is 0 Å². The Morgan fingerprint density at radius 3 is 2.00 bits per heavy atom. The first-order chi connectivity index (χ1) is 16.0. The van der Waals surface area contributed by atoms with Gasteiger partial charge in [0, 0.05) is 11.4 Å². The van der Waals surface area contributed by atoms with Crippen molar-refractivity contribution in [3.63, 3.8) is 0 Å². The smallest absolute Gasteiger partial charge is 0.406 e. The summed E-state index contributed by atoms with van der Waals surface area (Å²) in [7, 11) is 0. The van der Waals surface area contributed by atoms with Gasteiger partial charge in [-0.05, 0) is 69.3 Å². The van der Waals surface area contributed by atoms with Crippen molar-refractivity contribution in [3.05, 3.63) is 90.0 Å². The number of anilines is 2. The van der Waals surface area contributed by atoms with Crippen LogP contribution < -0.4 is 14.5 Å². The fourth-order valence-electron chi connectivity index (χ4n) is 3.60. The molecule has 176 valence electrons. The molecule has 0 bridgehead atoms. The van der Waals surface area contributed by atoms with Crippen LogP contribution >= 0.6 is 0 Å².